The Labute approximate surface area is 310 Å². The number of phosphoric ester groups is 3. The number of carbonyl (C=O) groups excluding carboxylic acids is 2. The zero-order valence-electron chi connectivity index (χ0n) is 28.8. The number of aromatic nitrogens is 4. The van der Waals surface area contributed by atoms with Crippen LogP contribution in [0.4, 0.5) is 5.82 Å². The molecule has 1 aliphatic rings. The van der Waals surface area contributed by atoms with Gasteiger partial charge in [0.25, 0.3) is 0 Å². The molecule has 3 rings (SSSR count). The standard InChI is InChI=1S/C25H42N7O18P3S/c1-13(24(37)38)9-54-7-6-27-15(33)4-5-28-22(36)19(35)25(2,3)10-47-53(44,45)50-52(42,43)46-8-14-18(49-51(39,40)41)17(34)23(48-14)32-12-31-16-20(26)29-11-30-21(16)32/h11-14,17-19,23,34-35H,4-10H2,1-3H3,(H,27,33)(H,28,36)(H,37,38)(H,42,43)(H,44,45)(H2,26,29,30)(H2,39,40,41)/t13-,14-,17+,18-,19+,23+/m0/s1. The van der Waals surface area contributed by atoms with Gasteiger partial charge in [0.05, 0.1) is 25.5 Å². The average molecular weight is 854 g/mol. The first-order valence-corrected chi connectivity index (χ1v) is 21.3. The molecule has 2 aromatic rings. The van der Waals surface area contributed by atoms with Crippen LogP contribution in [-0.2, 0) is 50.7 Å². The van der Waals surface area contributed by atoms with Gasteiger partial charge in [0.1, 0.15) is 36.3 Å². The van der Waals surface area contributed by atoms with Crippen LogP contribution in [0.1, 0.15) is 33.4 Å². The second-order valence-corrected chi connectivity index (χ2v) is 17.8. The normalized spacial score (nSPS) is 22.6. The van der Waals surface area contributed by atoms with Gasteiger partial charge in [0.15, 0.2) is 17.7 Å². The first-order valence-electron chi connectivity index (χ1n) is 15.6. The van der Waals surface area contributed by atoms with Gasteiger partial charge in [0, 0.05) is 36.4 Å². The topological polar surface area (TPSA) is 384 Å². The van der Waals surface area contributed by atoms with E-state index in [4.69, 9.17) is 24.6 Å². The maximum Gasteiger partial charge on any atom is 0.481 e. The number of imidazole rings is 1. The van der Waals surface area contributed by atoms with Gasteiger partial charge >= 0.3 is 29.4 Å². The second kappa shape index (κ2) is 19.0. The van der Waals surface area contributed by atoms with Crippen LogP contribution in [0.3, 0.4) is 0 Å². The fraction of sp³-hybridized carbons (Fsp3) is 0.680. The van der Waals surface area contributed by atoms with Crippen molar-refractivity contribution in [2.75, 3.05) is 43.5 Å². The van der Waals surface area contributed by atoms with E-state index in [0.717, 1.165) is 17.2 Å². The molecule has 25 nitrogen and oxygen atoms in total. The molecule has 2 unspecified atom stereocenters. The number of aliphatic carboxylic acids is 1. The molecule has 3 heterocycles. The molecule has 11 N–H and O–H groups in total. The quantitative estimate of drug-likeness (QED) is 0.0494. The van der Waals surface area contributed by atoms with Crippen molar-refractivity contribution in [1.82, 2.24) is 30.2 Å². The van der Waals surface area contributed by atoms with Crippen LogP contribution in [0, 0.1) is 11.3 Å². The molecular formula is C25H42N7O18P3S. The predicted octanol–water partition coefficient (Wildman–Crippen LogP) is -1.14. The molecule has 1 saturated heterocycles. The number of carbonyl (C=O) groups is 3. The summed E-state index contributed by atoms with van der Waals surface area (Å²) in [7, 11) is -16.4. The third-order valence-electron chi connectivity index (χ3n) is 7.44. The number of nitrogens with two attached hydrogens (primary N) is 1. The lowest BCUT2D eigenvalue weighted by molar-refractivity contribution is -0.140. The molecule has 0 saturated carbocycles. The molecule has 29 heteroatoms. The van der Waals surface area contributed by atoms with Crippen molar-refractivity contribution < 1.29 is 85.6 Å². The van der Waals surface area contributed by atoms with E-state index >= 15 is 0 Å². The fourth-order valence-corrected chi connectivity index (χ4v) is 8.27. The van der Waals surface area contributed by atoms with Gasteiger partial charge in [-0.15, -0.1) is 0 Å². The number of thioether (sulfide) groups is 1. The third kappa shape index (κ3) is 13.5. The van der Waals surface area contributed by atoms with E-state index < -0.39 is 96.4 Å². The Kier molecular flexibility index (Phi) is 16.1. The van der Waals surface area contributed by atoms with Crippen molar-refractivity contribution in [3.63, 3.8) is 0 Å². The van der Waals surface area contributed by atoms with E-state index in [1.807, 2.05) is 0 Å². The minimum atomic E-state index is -5.57. The zero-order valence-corrected chi connectivity index (χ0v) is 32.3. The summed E-state index contributed by atoms with van der Waals surface area (Å²) < 4.78 is 61.9. The number of aliphatic hydroxyl groups excluding tert-OH is 2. The van der Waals surface area contributed by atoms with E-state index in [1.165, 1.54) is 25.6 Å². The predicted molar refractivity (Wildman–Crippen MR) is 184 cm³/mol. The summed E-state index contributed by atoms with van der Waals surface area (Å²) >= 11 is 1.34. The third-order valence-corrected chi connectivity index (χ3v) is 11.8. The number of phosphoric acid groups is 3. The minimum absolute atomic E-state index is 0.0271. The van der Waals surface area contributed by atoms with Gasteiger partial charge in [-0.3, -0.25) is 32.5 Å². The first kappa shape index (κ1) is 45.7. The summed E-state index contributed by atoms with van der Waals surface area (Å²) in [5.74, 6) is -2.09. The number of nitrogen functional groups attached to an aromatic ring is 1. The summed E-state index contributed by atoms with van der Waals surface area (Å²) in [5, 5.41) is 35.2. The monoisotopic (exact) mass is 853 g/mol. The van der Waals surface area contributed by atoms with Crippen LogP contribution < -0.4 is 16.4 Å². The molecule has 1 fully saturated rings. The van der Waals surface area contributed by atoms with E-state index in [-0.39, 0.29) is 36.5 Å². The van der Waals surface area contributed by atoms with E-state index in [0.29, 0.717) is 11.5 Å². The van der Waals surface area contributed by atoms with Crippen LogP contribution >= 0.6 is 35.2 Å². The van der Waals surface area contributed by atoms with Gasteiger partial charge in [-0.1, -0.05) is 20.8 Å². The van der Waals surface area contributed by atoms with E-state index in [1.54, 1.807) is 6.92 Å². The first-order chi connectivity index (χ1) is 24.9. The second-order valence-electron chi connectivity index (χ2n) is 12.4. The number of nitrogens with zero attached hydrogens (tertiary/aromatic N) is 4. The van der Waals surface area contributed by atoms with Gasteiger partial charge in [-0.25, -0.2) is 28.6 Å². The number of hydrogen-bond acceptors (Lipinski definition) is 18. The molecule has 306 valence electrons. The van der Waals surface area contributed by atoms with Crippen LogP contribution in [0.25, 0.3) is 11.2 Å². The highest BCUT2D eigenvalue weighted by Gasteiger charge is 2.50. The maximum absolute atomic E-state index is 12.6. The van der Waals surface area contributed by atoms with Crippen molar-refractivity contribution in [1.29, 1.82) is 0 Å². The number of nitrogens with one attached hydrogen (secondary N) is 2. The zero-order chi connectivity index (χ0) is 40.6. The molecule has 0 aromatic carbocycles. The molecule has 2 aromatic heterocycles. The lowest BCUT2D eigenvalue weighted by atomic mass is 9.87. The lowest BCUT2D eigenvalue weighted by Crippen LogP contribution is -2.46. The Morgan fingerprint density at radius 1 is 1.07 bits per heavy atom. The van der Waals surface area contributed by atoms with Gasteiger partial charge < -0.3 is 56.0 Å². The van der Waals surface area contributed by atoms with Crippen molar-refractivity contribution in [2.45, 2.75) is 57.8 Å². The number of rotatable bonds is 22. The largest absolute Gasteiger partial charge is 0.481 e. The molecular weight excluding hydrogens is 811 g/mol. The van der Waals surface area contributed by atoms with Crippen LogP contribution in [0.15, 0.2) is 12.7 Å². The molecule has 0 bridgehead atoms. The van der Waals surface area contributed by atoms with Crippen molar-refractivity contribution in [2.24, 2.45) is 11.3 Å². The van der Waals surface area contributed by atoms with Crippen LogP contribution in [0.5, 0.6) is 0 Å². The van der Waals surface area contributed by atoms with Crippen molar-refractivity contribution in [3.8, 4) is 0 Å². The SMILES string of the molecule is C[C@@H](CSCCNC(=O)CCNC(=O)[C@@H](O)C(C)(C)COP(=O)(O)OP(=O)(O)OC[C@@H]1O[C@@H](n2cnc3c(N)ncnc32)[C@H](O)[C@H]1OP(=O)(O)O)C(=O)O. The molecule has 0 aliphatic carbocycles. The highest BCUT2D eigenvalue weighted by Crippen LogP contribution is 2.61. The van der Waals surface area contributed by atoms with Gasteiger partial charge in [-0.05, 0) is 0 Å². The molecule has 0 radical (unpaired) electrons. The Morgan fingerprint density at radius 3 is 2.39 bits per heavy atom. The minimum Gasteiger partial charge on any atom is -0.481 e. The summed E-state index contributed by atoms with van der Waals surface area (Å²) in [6.07, 6.45) is -6.93. The van der Waals surface area contributed by atoms with E-state index in [9.17, 15) is 57.9 Å². The number of carboxylic acid groups (broad SMARTS) is 1. The number of ether oxygens (including phenoxy) is 1. The number of fused-ring (bicyclic) bond motifs is 1. The Balaban J connectivity index is 1.50. The summed E-state index contributed by atoms with van der Waals surface area (Å²) in [4.78, 5) is 86.2. The van der Waals surface area contributed by atoms with Gasteiger partial charge in [-0.2, -0.15) is 16.1 Å². The van der Waals surface area contributed by atoms with Gasteiger partial charge in [0.2, 0.25) is 11.8 Å². The Hall–Kier alpha value is -2.64. The molecule has 54 heavy (non-hydrogen) atoms. The van der Waals surface area contributed by atoms with Crippen LogP contribution in [0.2, 0.25) is 0 Å². The average Bonchev–Trinajstić information content (AvgIpc) is 3.62. The molecule has 2 amide bonds. The number of anilines is 1. The molecule has 0 spiro atoms. The smallest absolute Gasteiger partial charge is 0.481 e. The fourth-order valence-electron chi connectivity index (χ4n) is 4.53. The summed E-state index contributed by atoms with van der Waals surface area (Å²) in [5.41, 5.74) is 4.24. The van der Waals surface area contributed by atoms with Crippen molar-refractivity contribution >= 4 is 70.0 Å². The summed E-state index contributed by atoms with van der Waals surface area (Å²) in [6, 6.07) is 0. The van der Waals surface area contributed by atoms with Crippen LogP contribution in [-0.4, -0.2) is 134 Å². The van der Waals surface area contributed by atoms with Crippen molar-refractivity contribution in [3.05, 3.63) is 12.7 Å². The highest BCUT2D eigenvalue weighted by atomic mass is 32.2. The maximum atomic E-state index is 12.6. The number of amides is 2. The molecule has 1 aliphatic heterocycles. The Morgan fingerprint density at radius 2 is 1.74 bits per heavy atom. The number of aliphatic hydroxyl groups is 2. The molecule has 8 atom stereocenters. The highest BCUT2D eigenvalue weighted by molar-refractivity contribution is 7.99. The number of carboxylic acids is 1. The number of hydrogen-bond donors (Lipinski definition) is 10. The Bertz CT molecular complexity index is 1780. The summed E-state index contributed by atoms with van der Waals surface area (Å²) in [6.45, 7) is 2.08. The lowest BCUT2D eigenvalue weighted by Gasteiger charge is -2.30. The van der Waals surface area contributed by atoms with E-state index in [2.05, 4.69) is 34.4 Å².